The maximum absolute atomic E-state index is 3.60. The van der Waals surface area contributed by atoms with Crippen LogP contribution in [0.3, 0.4) is 0 Å². The lowest BCUT2D eigenvalue weighted by Gasteiger charge is -2.23. The Morgan fingerprint density at radius 2 is 1.68 bits per heavy atom. The second-order valence-electron chi connectivity index (χ2n) is 5.82. The summed E-state index contributed by atoms with van der Waals surface area (Å²) in [7, 11) is 6.81. The largest absolute Gasteiger partial charge is 0.331 e. The highest BCUT2D eigenvalue weighted by molar-refractivity contribution is 9.12. The Balaban J connectivity index is 1.98. The van der Waals surface area contributed by atoms with Crippen LogP contribution < -0.4 is 0 Å². The van der Waals surface area contributed by atoms with E-state index in [1.54, 1.807) is 11.3 Å². The Hall–Kier alpha value is 0.970. The molecular weight excluding hydrogens is 406 g/mol. The van der Waals surface area contributed by atoms with Gasteiger partial charge >= 0.3 is 0 Å². The summed E-state index contributed by atoms with van der Waals surface area (Å²) in [5, 5.41) is 0. The van der Waals surface area contributed by atoms with Gasteiger partial charge < -0.3 is 4.48 Å². The van der Waals surface area contributed by atoms with Gasteiger partial charge in [-0.2, -0.15) is 0 Å². The van der Waals surface area contributed by atoms with Crippen LogP contribution in [0.1, 0.15) is 32.1 Å². The summed E-state index contributed by atoms with van der Waals surface area (Å²) in [6.07, 6.45) is 6.82. The third-order valence-electron chi connectivity index (χ3n) is 2.86. The van der Waals surface area contributed by atoms with Crippen molar-refractivity contribution in [2.75, 3.05) is 33.4 Å². The molecule has 1 rings (SSSR count). The highest BCUT2D eigenvalue weighted by atomic mass is 79.9. The molecule has 0 aliphatic heterocycles. The fourth-order valence-electron chi connectivity index (χ4n) is 1.82. The smallest absolute Gasteiger partial charge is 0.0846 e. The van der Waals surface area contributed by atoms with E-state index in [1.165, 1.54) is 56.9 Å². The van der Waals surface area contributed by atoms with Gasteiger partial charge in [-0.15, -0.1) is 23.1 Å². The molecule has 19 heavy (non-hydrogen) atoms. The molecule has 0 atom stereocenters. The number of unbranched alkanes of at least 4 members (excludes halogenated alkanes) is 4. The average Bonchev–Trinajstić information content (AvgIpc) is 2.60. The average molecular weight is 430 g/mol. The SMILES string of the molecule is C[N+](C)(C)CCCCCCCSc1cc(Br)sc1Br. The van der Waals surface area contributed by atoms with Crippen molar-refractivity contribution in [1.29, 1.82) is 0 Å². The molecule has 5 heteroatoms. The summed E-state index contributed by atoms with van der Waals surface area (Å²) in [5.41, 5.74) is 0. The summed E-state index contributed by atoms with van der Waals surface area (Å²) in [4.78, 5) is 1.38. The minimum absolute atomic E-state index is 1.09. The minimum atomic E-state index is 1.09. The normalized spacial score (nSPS) is 12.1. The van der Waals surface area contributed by atoms with Crippen molar-refractivity contribution in [3.63, 3.8) is 0 Å². The van der Waals surface area contributed by atoms with Crippen molar-refractivity contribution >= 4 is 55.0 Å². The summed E-state index contributed by atoms with van der Waals surface area (Å²) in [5.74, 6) is 1.23. The second kappa shape index (κ2) is 9.08. The lowest BCUT2D eigenvalue weighted by atomic mass is 10.1. The summed E-state index contributed by atoms with van der Waals surface area (Å²) >= 11 is 10.9. The lowest BCUT2D eigenvalue weighted by molar-refractivity contribution is -0.870. The second-order valence-corrected chi connectivity index (χ2v) is 10.7. The molecule has 0 saturated carbocycles. The van der Waals surface area contributed by atoms with E-state index in [4.69, 9.17) is 0 Å². The van der Waals surface area contributed by atoms with Crippen molar-refractivity contribution in [1.82, 2.24) is 0 Å². The van der Waals surface area contributed by atoms with E-state index in [0.29, 0.717) is 0 Å². The molecule has 110 valence electrons. The molecule has 1 nitrogen and oxygen atoms in total. The van der Waals surface area contributed by atoms with E-state index in [2.05, 4.69) is 59.1 Å². The molecule has 0 saturated heterocycles. The predicted octanol–water partition coefficient (Wildman–Crippen LogP) is 6.02. The summed E-state index contributed by atoms with van der Waals surface area (Å²) in [6, 6.07) is 2.21. The maximum atomic E-state index is 3.60. The Kier molecular flexibility index (Phi) is 8.61. The zero-order chi connectivity index (χ0) is 14.3. The van der Waals surface area contributed by atoms with Crippen LogP contribution in [0.2, 0.25) is 0 Å². The number of nitrogens with zero attached hydrogens (tertiary/aromatic N) is 1. The molecular formula is C14H24Br2NS2+. The van der Waals surface area contributed by atoms with Crippen molar-refractivity contribution in [2.45, 2.75) is 37.0 Å². The van der Waals surface area contributed by atoms with E-state index in [0.717, 1.165) is 4.48 Å². The quantitative estimate of drug-likeness (QED) is 0.262. The first-order valence-electron chi connectivity index (χ1n) is 6.76. The molecule has 0 aliphatic carbocycles. The van der Waals surface area contributed by atoms with E-state index in [-0.39, 0.29) is 0 Å². The lowest BCUT2D eigenvalue weighted by Crippen LogP contribution is -2.35. The highest BCUT2D eigenvalue weighted by Crippen LogP contribution is 2.38. The highest BCUT2D eigenvalue weighted by Gasteiger charge is 2.06. The van der Waals surface area contributed by atoms with E-state index < -0.39 is 0 Å². The van der Waals surface area contributed by atoms with Gasteiger partial charge in [-0.25, -0.2) is 0 Å². The van der Waals surface area contributed by atoms with Gasteiger partial charge in [0.15, 0.2) is 0 Å². The number of halogens is 2. The van der Waals surface area contributed by atoms with Crippen molar-refractivity contribution in [3.05, 3.63) is 13.6 Å². The molecule has 1 aromatic rings. The van der Waals surface area contributed by atoms with Crippen LogP contribution in [0.15, 0.2) is 18.5 Å². The van der Waals surface area contributed by atoms with E-state index in [1.807, 2.05) is 11.8 Å². The Morgan fingerprint density at radius 1 is 1.05 bits per heavy atom. The molecule has 0 spiro atoms. The third-order valence-corrected chi connectivity index (χ3v) is 6.71. The Labute approximate surface area is 143 Å². The zero-order valence-corrected chi connectivity index (χ0v) is 16.9. The van der Waals surface area contributed by atoms with Crippen LogP contribution in [-0.2, 0) is 0 Å². The van der Waals surface area contributed by atoms with Gasteiger partial charge in [0.1, 0.15) is 0 Å². The fraction of sp³-hybridized carbons (Fsp3) is 0.714. The van der Waals surface area contributed by atoms with Gasteiger partial charge in [0, 0.05) is 4.90 Å². The molecule has 0 unspecified atom stereocenters. The third kappa shape index (κ3) is 8.76. The standard InChI is InChI=1S/C14H24Br2NS2/c1-17(2,3)9-7-5-4-6-8-10-18-12-11-13(15)19-14(12)16/h11H,4-10H2,1-3H3/q+1. The first-order chi connectivity index (χ1) is 8.88. The maximum Gasteiger partial charge on any atom is 0.0846 e. The topological polar surface area (TPSA) is 0 Å². The molecule has 0 N–H and O–H groups in total. The van der Waals surface area contributed by atoms with Gasteiger partial charge in [-0.1, -0.05) is 12.8 Å². The molecule has 0 amide bonds. The molecule has 1 heterocycles. The van der Waals surface area contributed by atoms with Gasteiger partial charge in [-0.05, 0) is 62.9 Å². The van der Waals surface area contributed by atoms with Gasteiger partial charge in [0.25, 0.3) is 0 Å². The minimum Gasteiger partial charge on any atom is -0.331 e. The van der Waals surface area contributed by atoms with Crippen LogP contribution >= 0.6 is 55.0 Å². The van der Waals surface area contributed by atoms with Crippen LogP contribution in [-0.4, -0.2) is 37.9 Å². The number of thiophene rings is 1. The Morgan fingerprint density at radius 3 is 2.26 bits per heavy atom. The molecule has 0 fully saturated rings. The molecule has 0 aliphatic rings. The number of hydrogen-bond donors (Lipinski definition) is 0. The van der Waals surface area contributed by atoms with Crippen LogP contribution in [0.25, 0.3) is 0 Å². The predicted molar refractivity (Wildman–Crippen MR) is 96.4 cm³/mol. The summed E-state index contributed by atoms with van der Waals surface area (Å²) in [6.45, 7) is 1.30. The molecule has 1 aromatic heterocycles. The zero-order valence-electron chi connectivity index (χ0n) is 12.0. The summed E-state index contributed by atoms with van der Waals surface area (Å²) < 4.78 is 3.56. The first-order valence-corrected chi connectivity index (χ1v) is 10.2. The van der Waals surface area contributed by atoms with Crippen molar-refractivity contribution in [2.24, 2.45) is 0 Å². The van der Waals surface area contributed by atoms with Crippen LogP contribution in [0.5, 0.6) is 0 Å². The number of rotatable bonds is 9. The monoisotopic (exact) mass is 428 g/mol. The molecule has 0 bridgehead atoms. The van der Waals surface area contributed by atoms with Crippen molar-refractivity contribution in [3.8, 4) is 0 Å². The van der Waals surface area contributed by atoms with E-state index in [9.17, 15) is 0 Å². The molecule has 0 aromatic carbocycles. The van der Waals surface area contributed by atoms with Gasteiger partial charge in [-0.3, -0.25) is 0 Å². The van der Waals surface area contributed by atoms with Crippen molar-refractivity contribution < 1.29 is 4.48 Å². The first kappa shape index (κ1) is 18.0. The van der Waals surface area contributed by atoms with Crippen LogP contribution in [0.4, 0.5) is 0 Å². The molecule has 0 radical (unpaired) electrons. The fourth-order valence-corrected chi connectivity index (χ4v) is 6.09. The number of quaternary nitrogens is 1. The number of thioether (sulfide) groups is 1. The van der Waals surface area contributed by atoms with Crippen LogP contribution in [0, 0.1) is 0 Å². The van der Waals surface area contributed by atoms with Gasteiger partial charge in [0.2, 0.25) is 0 Å². The van der Waals surface area contributed by atoms with Gasteiger partial charge in [0.05, 0.1) is 35.3 Å². The Bertz CT molecular complexity index is 372. The number of hydrogen-bond acceptors (Lipinski definition) is 2. The van der Waals surface area contributed by atoms with E-state index >= 15 is 0 Å².